The van der Waals surface area contributed by atoms with Crippen molar-refractivity contribution >= 4 is 15.9 Å². The van der Waals surface area contributed by atoms with Gasteiger partial charge >= 0.3 is 0 Å². The third-order valence-electron chi connectivity index (χ3n) is 4.55. The Balaban J connectivity index is 2.03. The Bertz CT molecular complexity index is 476. The van der Waals surface area contributed by atoms with E-state index in [1.54, 1.807) is 7.11 Å². The van der Waals surface area contributed by atoms with Crippen molar-refractivity contribution < 1.29 is 9.84 Å². The van der Waals surface area contributed by atoms with Gasteiger partial charge < -0.3 is 15.2 Å². The van der Waals surface area contributed by atoms with E-state index >= 15 is 0 Å². The second-order valence-electron chi connectivity index (χ2n) is 6.31. The molecule has 2 unspecified atom stereocenters. The minimum Gasteiger partial charge on any atom is -0.503 e. The molecule has 0 saturated heterocycles. The van der Waals surface area contributed by atoms with Gasteiger partial charge in [0.15, 0.2) is 11.5 Å². The van der Waals surface area contributed by atoms with E-state index < -0.39 is 0 Å². The van der Waals surface area contributed by atoms with Crippen LogP contribution in [0.15, 0.2) is 16.6 Å². The number of benzene rings is 1. The highest BCUT2D eigenvalue weighted by Gasteiger charge is 2.27. The van der Waals surface area contributed by atoms with E-state index in [0.717, 1.165) is 23.9 Å². The second-order valence-corrected chi connectivity index (χ2v) is 7.16. The second kappa shape index (κ2) is 7.50. The predicted molar refractivity (Wildman–Crippen MR) is 89.8 cm³/mol. The summed E-state index contributed by atoms with van der Waals surface area (Å²) in [6.07, 6.45) is 5.28. The van der Waals surface area contributed by atoms with Crippen molar-refractivity contribution in [2.24, 2.45) is 11.8 Å². The first-order chi connectivity index (χ1) is 10.0. The van der Waals surface area contributed by atoms with Crippen LogP contribution in [0.3, 0.4) is 0 Å². The minimum atomic E-state index is 0.166. The number of ether oxygens (including phenoxy) is 1. The summed E-state index contributed by atoms with van der Waals surface area (Å²) in [6, 6.07) is 4.45. The third-order valence-corrected chi connectivity index (χ3v) is 5.16. The maximum absolute atomic E-state index is 9.86. The van der Waals surface area contributed by atoms with Crippen LogP contribution in [0.2, 0.25) is 0 Å². The highest BCUT2D eigenvalue weighted by Crippen LogP contribution is 2.35. The van der Waals surface area contributed by atoms with Gasteiger partial charge in [-0.3, -0.25) is 0 Å². The van der Waals surface area contributed by atoms with E-state index in [-0.39, 0.29) is 5.75 Å². The molecule has 4 heteroatoms. The van der Waals surface area contributed by atoms with Gasteiger partial charge in [-0.15, -0.1) is 0 Å². The van der Waals surface area contributed by atoms with Crippen LogP contribution >= 0.6 is 15.9 Å². The predicted octanol–water partition coefficient (Wildman–Crippen LogP) is 4.47. The average molecular weight is 356 g/mol. The molecule has 0 aliphatic heterocycles. The summed E-state index contributed by atoms with van der Waals surface area (Å²) in [7, 11) is 1.58. The molecule has 0 spiro atoms. The molecule has 0 bridgehead atoms. The van der Waals surface area contributed by atoms with Gasteiger partial charge in [-0.05, 0) is 58.3 Å². The van der Waals surface area contributed by atoms with Crippen molar-refractivity contribution in [2.45, 2.75) is 52.1 Å². The number of hydrogen-bond acceptors (Lipinski definition) is 3. The van der Waals surface area contributed by atoms with Crippen molar-refractivity contribution in [1.29, 1.82) is 0 Å². The Hall–Kier alpha value is -0.740. The van der Waals surface area contributed by atoms with E-state index in [9.17, 15) is 5.11 Å². The van der Waals surface area contributed by atoms with Gasteiger partial charge in [-0.1, -0.05) is 26.7 Å². The van der Waals surface area contributed by atoms with E-state index in [4.69, 9.17) is 4.74 Å². The maximum Gasteiger partial charge on any atom is 0.172 e. The number of hydrogen-bond donors (Lipinski definition) is 2. The van der Waals surface area contributed by atoms with E-state index in [2.05, 4.69) is 35.1 Å². The summed E-state index contributed by atoms with van der Waals surface area (Å²) in [4.78, 5) is 0. The van der Waals surface area contributed by atoms with Crippen LogP contribution in [0.4, 0.5) is 0 Å². The lowest BCUT2D eigenvalue weighted by molar-refractivity contribution is 0.204. The number of halogens is 1. The van der Waals surface area contributed by atoms with Gasteiger partial charge in [0.25, 0.3) is 0 Å². The van der Waals surface area contributed by atoms with Crippen LogP contribution in [-0.4, -0.2) is 18.3 Å². The number of aromatic hydroxyl groups is 1. The van der Waals surface area contributed by atoms with Gasteiger partial charge in [-0.2, -0.15) is 0 Å². The molecule has 2 atom stereocenters. The fourth-order valence-corrected chi connectivity index (χ4v) is 3.83. The third kappa shape index (κ3) is 4.13. The maximum atomic E-state index is 9.86. The lowest BCUT2D eigenvalue weighted by Gasteiger charge is -2.35. The Labute approximate surface area is 136 Å². The first-order valence-electron chi connectivity index (χ1n) is 7.81. The molecule has 0 aromatic heterocycles. The summed E-state index contributed by atoms with van der Waals surface area (Å²) in [5.74, 6) is 2.18. The molecular formula is C17H26BrNO2. The molecule has 3 nitrogen and oxygen atoms in total. The molecule has 0 amide bonds. The van der Waals surface area contributed by atoms with Crippen LogP contribution in [0, 0.1) is 11.8 Å². The van der Waals surface area contributed by atoms with E-state index in [0.29, 0.717) is 16.3 Å². The zero-order valence-corrected chi connectivity index (χ0v) is 14.7. The highest BCUT2D eigenvalue weighted by atomic mass is 79.9. The largest absolute Gasteiger partial charge is 0.503 e. The van der Waals surface area contributed by atoms with E-state index in [1.165, 1.54) is 25.7 Å². The fourth-order valence-electron chi connectivity index (χ4n) is 3.34. The number of phenolic OH excluding ortho intramolecular Hbond substituents is 1. The lowest BCUT2D eigenvalue weighted by Crippen LogP contribution is -2.40. The normalized spacial score (nSPS) is 22.5. The molecule has 1 saturated carbocycles. The molecule has 0 radical (unpaired) electrons. The topological polar surface area (TPSA) is 41.5 Å². The number of methoxy groups -OCH3 is 1. The van der Waals surface area contributed by atoms with Gasteiger partial charge in [0.2, 0.25) is 0 Å². The summed E-state index contributed by atoms with van der Waals surface area (Å²) >= 11 is 3.38. The average Bonchev–Trinajstić information content (AvgIpc) is 2.48. The summed E-state index contributed by atoms with van der Waals surface area (Å²) in [5, 5.41) is 13.6. The first-order valence-corrected chi connectivity index (χ1v) is 8.61. The molecular weight excluding hydrogens is 330 g/mol. The zero-order chi connectivity index (χ0) is 15.4. The molecule has 1 aliphatic rings. The van der Waals surface area contributed by atoms with Crippen LogP contribution in [-0.2, 0) is 6.54 Å². The Morgan fingerprint density at radius 2 is 2.05 bits per heavy atom. The molecule has 118 valence electrons. The number of rotatable bonds is 5. The summed E-state index contributed by atoms with van der Waals surface area (Å²) < 4.78 is 5.89. The molecule has 2 N–H and O–H groups in total. The van der Waals surface area contributed by atoms with Crippen molar-refractivity contribution in [3.8, 4) is 11.5 Å². The fraction of sp³-hybridized carbons (Fsp3) is 0.647. The Kier molecular flexibility index (Phi) is 5.94. The number of phenols is 1. The highest BCUT2D eigenvalue weighted by molar-refractivity contribution is 9.10. The molecule has 1 aromatic carbocycles. The van der Waals surface area contributed by atoms with Gasteiger partial charge in [0.05, 0.1) is 11.6 Å². The van der Waals surface area contributed by atoms with Gasteiger partial charge in [0.1, 0.15) is 0 Å². The standard InChI is InChI=1S/C17H26BrNO2/c1-11(2)13-6-4-5-7-15(13)19-10-12-8-14(18)17(20)16(9-12)21-3/h8-9,11,13,15,19-20H,4-7,10H2,1-3H3. The molecule has 1 aromatic rings. The number of nitrogens with one attached hydrogen (secondary N) is 1. The Morgan fingerprint density at radius 1 is 1.33 bits per heavy atom. The van der Waals surface area contributed by atoms with Crippen LogP contribution < -0.4 is 10.1 Å². The smallest absolute Gasteiger partial charge is 0.172 e. The summed E-state index contributed by atoms with van der Waals surface area (Å²) in [5.41, 5.74) is 1.13. The first kappa shape index (κ1) is 16.6. The van der Waals surface area contributed by atoms with Crippen LogP contribution in [0.25, 0.3) is 0 Å². The summed E-state index contributed by atoms with van der Waals surface area (Å²) in [6.45, 7) is 5.46. The molecule has 1 fully saturated rings. The van der Waals surface area contributed by atoms with Crippen molar-refractivity contribution in [2.75, 3.05) is 7.11 Å². The van der Waals surface area contributed by atoms with Gasteiger partial charge in [-0.25, -0.2) is 0 Å². The zero-order valence-electron chi connectivity index (χ0n) is 13.2. The monoisotopic (exact) mass is 355 g/mol. The van der Waals surface area contributed by atoms with Crippen LogP contribution in [0.5, 0.6) is 11.5 Å². The SMILES string of the molecule is COc1cc(CNC2CCCCC2C(C)C)cc(Br)c1O. The lowest BCUT2D eigenvalue weighted by atomic mass is 9.78. The van der Waals surface area contributed by atoms with Gasteiger partial charge in [0, 0.05) is 12.6 Å². The van der Waals surface area contributed by atoms with Crippen LogP contribution in [0.1, 0.15) is 45.1 Å². The van der Waals surface area contributed by atoms with Crippen molar-refractivity contribution in [3.05, 3.63) is 22.2 Å². The molecule has 0 heterocycles. The van der Waals surface area contributed by atoms with E-state index in [1.807, 2.05) is 12.1 Å². The molecule has 2 rings (SSSR count). The molecule has 1 aliphatic carbocycles. The van der Waals surface area contributed by atoms with Crippen molar-refractivity contribution in [1.82, 2.24) is 5.32 Å². The molecule has 21 heavy (non-hydrogen) atoms. The quantitative estimate of drug-likeness (QED) is 0.818. The van der Waals surface area contributed by atoms with Crippen molar-refractivity contribution in [3.63, 3.8) is 0 Å². The minimum absolute atomic E-state index is 0.166. The Morgan fingerprint density at radius 3 is 2.71 bits per heavy atom.